The summed E-state index contributed by atoms with van der Waals surface area (Å²) >= 11 is 0. The second-order valence-corrected chi connectivity index (χ2v) is 5.83. The van der Waals surface area contributed by atoms with Crippen molar-refractivity contribution in [3.63, 3.8) is 0 Å². The first-order valence-electron chi connectivity index (χ1n) is 7.46. The first-order valence-corrected chi connectivity index (χ1v) is 7.46. The molecule has 0 aromatic heterocycles. The van der Waals surface area contributed by atoms with Crippen LogP contribution in [0.15, 0.2) is 0 Å². The highest BCUT2D eigenvalue weighted by molar-refractivity contribution is 4.84. The number of likely N-dealkylation sites (N-methyl/N-ethyl adjacent to an activating group) is 2. The fourth-order valence-electron chi connectivity index (χ4n) is 3.06. The van der Waals surface area contributed by atoms with Crippen LogP contribution in [0.4, 0.5) is 0 Å². The van der Waals surface area contributed by atoms with E-state index in [2.05, 4.69) is 9.80 Å². The number of hydrogen-bond acceptors (Lipinski definition) is 6. The Labute approximate surface area is 121 Å². The molecular formula is C14H30N2O4. The maximum Gasteiger partial charge on any atom is 0.0586 e. The van der Waals surface area contributed by atoms with Crippen LogP contribution in [0, 0.1) is 0 Å². The molecule has 120 valence electrons. The second kappa shape index (κ2) is 8.92. The van der Waals surface area contributed by atoms with Crippen LogP contribution in [0.2, 0.25) is 0 Å². The van der Waals surface area contributed by atoms with Crippen molar-refractivity contribution in [2.45, 2.75) is 49.9 Å². The van der Waals surface area contributed by atoms with Crippen LogP contribution in [-0.2, 0) is 0 Å². The van der Waals surface area contributed by atoms with Gasteiger partial charge in [0.2, 0.25) is 0 Å². The Morgan fingerprint density at radius 1 is 0.600 bits per heavy atom. The maximum atomic E-state index is 8.83. The minimum atomic E-state index is 0.215. The lowest BCUT2D eigenvalue weighted by molar-refractivity contribution is 0.120. The van der Waals surface area contributed by atoms with Gasteiger partial charge in [0, 0.05) is 24.2 Å². The zero-order valence-electron chi connectivity index (χ0n) is 12.6. The highest BCUT2D eigenvalue weighted by atomic mass is 16.3. The van der Waals surface area contributed by atoms with Gasteiger partial charge in [-0.1, -0.05) is 0 Å². The molecule has 0 aromatic carbocycles. The Hall–Kier alpha value is -0.240. The van der Waals surface area contributed by atoms with Crippen molar-refractivity contribution < 1.29 is 20.4 Å². The predicted molar refractivity (Wildman–Crippen MR) is 77.5 cm³/mol. The molecule has 4 N–H and O–H groups in total. The summed E-state index contributed by atoms with van der Waals surface area (Å²) in [6.07, 6.45) is 4.05. The van der Waals surface area contributed by atoms with Gasteiger partial charge in [-0.2, -0.15) is 0 Å². The molecule has 0 amide bonds. The summed E-state index contributed by atoms with van der Waals surface area (Å²) in [7, 11) is 3.91. The molecular weight excluding hydrogens is 260 g/mol. The largest absolute Gasteiger partial charge is 0.395 e. The Bertz CT molecular complexity index is 218. The second-order valence-electron chi connectivity index (χ2n) is 5.83. The van der Waals surface area contributed by atoms with Gasteiger partial charge >= 0.3 is 0 Å². The molecule has 0 spiro atoms. The average Bonchev–Trinajstić information content (AvgIpc) is 3.01. The molecule has 2 fully saturated rings. The zero-order valence-corrected chi connectivity index (χ0v) is 12.6. The minimum Gasteiger partial charge on any atom is -0.395 e. The molecule has 0 bridgehead atoms. The van der Waals surface area contributed by atoms with Gasteiger partial charge in [-0.05, 0) is 39.8 Å². The fraction of sp³-hybridized carbons (Fsp3) is 1.00. The first kappa shape index (κ1) is 17.8. The highest BCUT2D eigenvalue weighted by Gasteiger charge is 2.29. The third-order valence-corrected chi connectivity index (χ3v) is 4.81. The van der Waals surface area contributed by atoms with Crippen LogP contribution in [0.3, 0.4) is 0 Å². The molecule has 2 heterocycles. The topological polar surface area (TPSA) is 87.4 Å². The number of nitrogens with zero attached hydrogens (tertiary/aromatic N) is 2. The van der Waals surface area contributed by atoms with Crippen molar-refractivity contribution in [1.82, 2.24) is 9.80 Å². The van der Waals surface area contributed by atoms with Crippen molar-refractivity contribution in [2.24, 2.45) is 0 Å². The highest BCUT2D eigenvalue weighted by Crippen LogP contribution is 2.21. The predicted octanol–water partition coefficient (Wildman–Crippen LogP) is -1.13. The first-order chi connectivity index (χ1) is 9.58. The summed E-state index contributed by atoms with van der Waals surface area (Å²) in [6, 6.07) is 1.10. The van der Waals surface area contributed by atoms with Gasteiger partial charge in [-0.25, -0.2) is 0 Å². The lowest BCUT2D eigenvalue weighted by Crippen LogP contribution is -2.36. The number of aliphatic hydroxyl groups excluding tert-OH is 4. The SMILES string of the molecule is CN1[C@H](CO)CC[C@@H]1CO.CN1[C@H](CO)CC[C@@H]1CO. The summed E-state index contributed by atoms with van der Waals surface area (Å²) in [4.78, 5) is 4.11. The normalized spacial score (nSPS) is 35.1. The van der Waals surface area contributed by atoms with Gasteiger partial charge in [0.1, 0.15) is 0 Å². The molecule has 0 aliphatic carbocycles. The molecule has 0 radical (unpaired) electrons. The van der Waals surface area contributed by atoms with E-state index in [9.17, 15) is 0 Å². The standard InChI is InChI=1S/2C7H15NO2/c2*1-8-6(4-9)2-3-7(8)5-10/h2*6-7,9-10H,2-5H2,1H3/t2*6-,7+. The van der Waals surface area contributed by atoms with E-state index in [0.29, 0.717) is 0 Å². The van der Waals surface area contributed by atoms with E-state index >= 15 is 0 Å². The van der Waals surface area contributed by atoms with Crippen LogP contribution in [0.5, 0.6) is 0 Å². The van der Waals surface area contributed by atoms with Gasteiger partial charge in [-0.3, -0.25) is 9.80 Å². The van der Waals surface area contributed by atoms with Crippen LogP contribution in [-0.4, -0.2) is 94.9 Å². The van der Waals surface area contributed by atoms with E-state index < -0.39 is 0 Å². The van der Waals surface area contributed by atoms with E-state index in [-0.39, 0.29) is 50.6 Å². The van der Waals surface area contributed by atoms with Crippen molar-refractivity contribution in [3.05, 3.63) is 0 Å². The minimum absolute atomic E-state index is 0.215. The van der Waals surface area contributed by atoms with Crippen LogP contribution < -0.4 is 0 Å². The van der Waals surface area contributed by atoms with Gasteiger partial charge in [0.15, 0.2) is 0 Å². The Morgan fingerprint density at radius 2 is 0.800 bits per heavy atom. The van der Waals surface area contributed by atoms with Crippen LogP contribution >= 0.6 is 0 Å². The molecule has 4 atom stereocenters. The van der Waals surface area contributed by atoms with Crippen molar-refractivity contribution in [1.29, 1.82) is 0 Å². The molecule has 2 rings (SSSR count). The molecule has 6 heteroatoms. The van der Waals surface area contributed by atoms with E-state index in [4.69, 9.17) is 20.4 Å². The van der Waals surface area contributed by atoms with Crippen molar-refractivity contribution in [3.8, 4) is 0 Å². The summed E-state index contributed by atoms with van der Waals surface area (Å²) in [5.74, 6) is 0. The van der Waals surface area contributed by atoms with Crippen molar-refractivity contribution in [2.75, 3.05) is 40.5 Å². The quantitative estimate of drug-likeness (QED) is 0.524. The number of hydrogen-bond donors (Lipinski definition) is 4. The molecule has 0 saturated carbocycles. The van der Waals surface area contributed by atoms with Gasteiger partial charge in [0.25, 0.3) is 0 Å². The van der Waals surface area contributed by atoms with Gasteiger partial charge in [0.05, 0.1) is 26.4 Å². The number of rotatable bonds is 4. The maximum absolute atomic E-state index is 8.83. The van der Waals surface area contributed by atoms with Crippen LogP contribution in [0.1, 0.15) is 25.7 Å². The zero-order chi connectivity index (χ0) is 15.1. The third-order valence-electron chi connectivity index (χ3n) is 4.81. The molecule has 6 nitrogen and oxygen atoms in total. The molecule has 0 aromatic rings. The molecule has 2 saturated heterocycles. The number of likely N-dealkylation sites (tertiary alicyclic amines) is 2. The summed E-state index contributed by atoms with van der Waals surface area (Å²) in [5.41, 5.74) is 0. The van der Waals surface area contributed by atoms with E-state index in [1.165, 1.54) is 0 Å². The number of aliphatic hydroxyl groups is 4. The van der Waals surface area contributed by atoms with Crippen molar-refractivity contribution >= 4 is 0 Å². The average molecular weight is 290 g/mol. The lowest BCUT2D eigenvalue weighted by atomic mass is 10.2. The Balaban J connectivity index is 0.000000200. The summed E-state index contributed by atoms with van der Waals surface area (Å²) in [5, 5.41) is 35.3. The van der Waals surface area contributed by atoms with Gasteiger partial charge < -0.3 is 20.4 Å². The molecule has 20 heavy (non-hydrogen) atoms. The van der Waals surface area contributed by atoms with E-state index in [1.54, 1.807) is 0 Å². The Morgan fingerprint density at radius 3 is 0.900 bits per heavy atom. The smallest absolute Gasteiger partial charge is 0.0586 e. The molecule has 2 aliphatic rings. The summed E-state index contributed by atoms with van der Waals surface area (Å²) < 4.78 is 0. The van der Waals surface area contributed by atoms with E-state index in [0.717, 1.165) is 25.7 Å². The third kappa shape index (κ3) is 4.38. The molecule has 2 aliphatic heterocycles. The van der Waals surface area contributed by atoms with Crippen LogP contribution in [0.25, 0.3) is 0 Å². The van der Waals surface area contributed by atoms with Gasteiger partial charge in [-0.15, -0.1) is 0 Å². The summed E-state index contributed by atoms with van der Waals surface area (Å²) in [6.45, 7) is 0.861. The van der Waals surface area contributed by atoms with E-state index in [1.807, 2.05) is 14.1 Å². The lowest BCUT2D eigenvalue weighted by Gasteiger charge is -2.22. The fourth-order valence-corrected chi connectivity index (χ4v) is 3.06. The Kier molecular flexibility index (Phi) is 7.94. The molecule has 0 unspecified atom stereocenters. The monoisotopic (exact) mass is 290 g/mol.